The number of benzene rings is 2. The van der Waals surface area contributed by atoms with Gasteiger partial charge in [0.1, 0.15) is 5.75 Å². The lowest BCUT2D eigenvalue weighted by molar-refractivity contribution is 0.0146. The maximum atomic E-state index is 10.2. The van der Waals surface area contributed by atoms with Crippen LogP contribution in [-0.2, 0) is 4.74 Å². The molecule has 1 aliphatic heterocycles. The Kier molecular flexibility index (Phi) is 3.65. The van der Waals surface area contributed by atoms with Crippen LogP contribution in [0.3, 0.4) is 0 Å². The van der Waals surface area contributed by atoms with Crippen molar-refractivity contribution >= 4 is 23.4 Å². The molecule has 3 N–H and O–H groups in total. The maximum Gasteiger partial charge on any atom is 0.488 e. The zero-order chi connectivity index (χ0) is 14.1. The molecule has 0 unspecified atom stereocenters. The highest BCUT2D eigenvalue weighted by molar-refractivity contribution is 6.58. The van der Waals surface area contributed by atoms with Gasteiger partial charge in [0.25, 0.3) is 0 Å². The minimum atomic E-state index is -1.48. The second kappa shape index (κ2) is 5.44. The summed E-state index contributed by atoms with van der Waals surface area (Å²) in [7, 11) is -1.48. The number of phenols is 1. The number of aromatic hydroxyl groups is 1. The number of hydrogen-bond acceptors (Lipinski definition) is 4. The molecule has 1 heterocycles. The Hall–Kier alpha value is -1.56. The summed E-state index contributed by atoms with van der Waals surface area (Å²) in [5, 5.41) is 30.4. The first-order valence-electron chi connectivity index (χ1n) is 6.90. The lowest BCUT2D eigenvalue weighted by atomic mass is 9.79. The highest BCUT2D eigenvalue weighted by Gasteiger charge is 2.22. The Morgan fingerprint density at radius 1 is 1.10 bits per heavy atom. The van der Waals surface area contributed by atoms with Crippen LogP contribution < -0.4 is 5.46 Å². The zero-order valence-corrected chi connectivity index (χ0v) is 11.1. The molecule has 0 bridgehead atoms. The quantitative estimate of drug-likeness (QED) is 0.724. The highest BCUT2D eigenvalue weighted by atomic mass is 16.5. The average molecular weight is 272 g/mol. The molecule has 20 heavy (non-hydrogen) atoms. The van der Waals surface area contributed by atoms with Gasteiger partial charge in [-0.2, -0.15) is 0 Å². The topological polar surface area (TPSA) is 69.9 Å². The van der Waals surface area contributed by atoms with Gasteiger partial charge in [0.2, 0.25) is 0 Å². The van der Waals surface area contributed by atoms with Crippen LogP contribution in [0.25, 0.3) is 10.8 Å². The van der Waals surface area contributed by atoms with E-state index in [9.17, 15) is 15.2 Å². The van der Waals surface area contributed by atoms with Gasteiger partial charge in [0.05, 0.1) is 6.10 Å². The van der Waals surface area contributed by atoms with E-state index in [-0.39, 0.29) is 11.9 Å². The van der Waals surface area contributed by atoms with E-state index in [1.165, 1.54) is 0 Å². The predicted molar refractivity (Wildman–Crippen MR) is 78.0 cm³/mol. The van der Waals surface area contributed by atoms with Crippen LogP contribution >= 0.6 is 0 Å². The minimum absolute atomic E-state index is 0.0858. The SMILES string of the molecule is OB(O)c1ccc2c([C@H]3CCCCO3)c(O)ccc2c1. The Morgan fingerprint density at radius 2 is 1.95 bits per heavy atom. The van der Waals surface area contributed by atoms with Gasteiger partial charge in [-0.1, -0.05) is 24.3 Å². The van der Waals surface area contributed by atoms with E-state index in [0.29, 0.717) is 12.1 Å². The predicted octanol–water partition coefficient (Wildman–Crippen LogP) is 1.47. The van der Waals surface area contributed by atoms with Crippen molar-refractivity contribution in [3.63, 3.8) is 0 Å². The molecule has 0 amide bonds. The Balaban J connectivity index is 2.12. The molecule has 104 valence electrons. The minimum Gasteiger partial charge on any atom is -0.508 e. The second-order valence-corrected chi connectivity index (χ2v) is 5.21. The molecule has 0 radical (unpaired) electrons. The molecule has 0 spiro atoms. The summed E-state index contributed by atoms with van der Waals surface area (Å²) in [6.45, 7) is 0.716. The number of phenolic OH excluding ortho intramolecular Hbond substituents is 1. The van der Waals surface area contributed by atoms with Crippen molar-refractivity contribution in [3.05, 3.63) is 35.9 Å². The number of ether oxygens (including phenoxy) is 1. The monoisotopic (exact) mass is 272 g/mol. The van der Waals surface area contributed by atoms with E-state index >= 15 is 0 Å². The number of fused-ring (bicyclic) bond motifs is 1. The third kappa shape index (κ3) is 2.40. The average Bonchev–Trinajstić information content (AvgIpc) is 2.47. The van der Waals surface area contributed by atoms with Crippen molar-refractivity contribution < 1.29 is 19.9 Å². The molecule has 5 heteroatoms. The van der Waals surface area contributed by atoms with Crippen molar-refractivity contribution in [2.24, 2.45) is 0 Å². The van der Waals surface area contributed by atoms with Crippen molar-refractivity contribution in [1.82, 2.24) is 0 Å². The van der Waals surface area contributed by atoms with Gasteiger partial charge in [-0.3, -0.25) is 0 Å². The number of hydrogen-bond donors (Lipinski definition) is 3. The van der Waals surface area contributed by atoms with Gasteiger partial charge in [0, 0.05) is 12.2 Å². The van der Waals surface area contributed by atoms with E-state index in [0.717, 1.165) is 35.6 Å². The molecule has 1 saturated heterocycles. The van der Waals surface area contributed by atoms with Gasteiger partial charge in [-0.05, 0) is 41.6 Å². The Morgan fingerprint density at radius 3 is 2.65 bits per heavy atom. The first-order chi connectivity index (χ1) is 9.66. The van der Waals surface area contributed by atoms with E-state index in [1.807, 2.05) is 6.07 Å². The maximum absolute atomic E-state index is 10.2. The Bertz CT molecular complexity index is 621. The van der Waals surface area contributed by atoms with E-state index in [2.05, 4.69) is 0 Å². The van der Waals surface area contributed by atoms with E-state index in [4.69, 9.17) is 4.74 Å². The van der Waals surface area contributed by atoms with Crippen LogP contribution in [-0.4, -0.2) is 28.9 Å². The molecular weight excluding hydrogens is 255 g/mol. The molecule has 0 saturated carbocycles. The summed E-state index contributed by atoms with van der Waals surface area (Å²) in [4.78, 5) is 0. The summed E-state index contributed by atoms with van der Waals surface area (Å²) in [5.41, 5.74) is 1.25. The van der Waals surface area contributed by atoms with Crippen LogP contribution in [0.15, 0.2) is 30.3 Å². The summed E-state index contributed by atoms with van der Waals surface area (Å²) in [6.07, 6.45) is 2.96. The molecule has 4 nitrogen and oxygen atoms in total. The van der Waals surface area contributed by atoms with Crippen molar-refractivity contribution in [2.75, 3.05) is 6.61 Å². The normalized spacial score (nSPS) is 19.2. The van der Waals surface area contributed by atoms with Gasteiger partial charge in [-0.15, -0.1) is 0 Å². The molecule has 0 aliphatic carbocycles. The summed E-state index contributed by atoms with van der Waals surface area (Å²) in [5.74, 6) is 0.238. The van der Waals surface area contributed by atoms with Gasteiger partial charge >= 0.3 is 7.12 Å². The van der Waals surface area contributed by atoms with Crippen molar-refractivity contribution in [2.45, 2.75) is 25.4 Å². The smallest absolute Gasteiger partial charge is 0.488 e. The third-order valence-electron chi connectivity index (χ3n) is 3.86. The van der Waals surface area contributed by atoms with Crippen LogP contribution in [0.5, 0.6) is 5.75 Å². The summed E-state index contributed by atoms with van der Waals surface area (Å²) < 4.78 is 5.77. The molecule has 2 aromatic carbocycles. The molecule has 0 aromatic heterocycles. The fourth-order valence-electron chi connectivity index (χ4n) is 2.83. The molecular formula is C15H17BO4. The molecule has 1 atom stereocenters. The first-order valence-corrected chi connectivity index (χ1v) is 6.90. The first kappa shape index (κ1) is 13.4. The third-order valence-corrected chi connectivity index (χ3v) is 3.86. The largest absolute Gasteiger partial charge is 0.508 e. The molecule has 1 fully saturated rings. The van der Waals surface area contributed by atoms with Crippen LogP contribution in [0.1, 0.15) is 30.9 Å². The Labute approximate surface area is 117 Å². The molecule has 1 aliphatic rings. The van der Waals surface area contributed by atoms with Gasteiger partial charge < -0.3 is 19.9 Å². The second-order valence-electron chi connectivity index (χ2n) is 5.21. The van der Waals surface area contributed by atoms with Crippen LogP contribution in [0, 0.1) is 0 Å². The number of rotatable bonds is 2. The van der Waals surface area contributed by atoms with E-state index in [1.54, 1.807) is 24.3 Å². The van der Waals surface area contributed by atoms with Gasteiger partial charge in [-0.25, -0.2) is 0 Å². The van der Waals surface area contributed by atoms with Crippen LogP contribution in [0.2, 0.25) is 0 Å². The van der Waals surface area contributed by atoms with Crippen LogP contribution in [0.4, 0.5) is 0 Å². The lowest BCUT2D eigenvalue weighted by Gasteiger charge is -2.25. The van der Waals surface area contributed by atoms with Crippen molar-refractivity contribution in [1.29, 1.82) is 0 Å². The molecule has 2 aromatic rings. The highest BCUT2D eigenvalue weighted by Crippen LogP contribution is 2.38. The fourth-order valence-corrected chi connectivity index (χ4v) is 2.83. The lowest BCUT2D eigenvalue weighted by Crippen LogP contribution is -2.29. The zero-order valence-electron chi connectivity index (χ0n) is 11.1. The fraction of sp³-hybridized carbons (Fsp3) is 0.333. The summed E-state index contributed by atoms with van der Waals surface area (Å²) >= 11 is 0. The summed E-state index contributed by atoms with van der Waals surface area (Å²) in [6, 6.07) is 8.63. The van der Waals surface area contributed by atoms with E-state index < -0.39 is 7.12 Å². The van der Waals surface area contributed by atoms with Crippen molar-refractivity contribution in [3.8, 4) is 5.75 Å². The molecule has 3 rings (SSSR count). The van der Waals surface area contributed by atoms with Gasteiger partial charge in [0.15, 0.2) is 0 Å². The standard InChI is InChI=1S/C15H17BO4/c17-13-7-4-10-9-11(16(18)19)5-6-12(10)15(13)14-3-1-2-8-20-14/h4-7,9,14,17-19H,1-3,8H2/t14-/m1/s1.